The first-order valence-electron chi connectivity index (χ1n) is 5.55. The summed E-state index contributed by atoms with van der Waals surface area (Å²) in [5, 5.41) is 2.86. The SMILES string of the molecule is NCc1cccc(NC(=O)c2cccc(I)c2)c1. The van der Waals surface area contributed by atoms with Gasteiger partial charge in [0.25, 0.3) is 5.91 Å². The number of benzene rings is 2. The van der Waals surface area contributed by atoms with Crippen molar-refractivity contribution in [3.05, 3.63) is 63.2 Å². The minimum absolute atomic E-state index is 0.109. The average molecular weight is 352 g/mol. The zero-order valence-electron chi connectivity index (χ0n) is 9.69. The third kappa shape index (κ3) is 3.30. The number of nitrogens with one attached hydrogen (secondary N) is 1. The highest BCUT2D eigenvalue weighted by atomic mass is 127. The van der Waals surface area contributed by atoms with Gasteiger partial charge in [0.05, 0.1) is 0 Å². The van der Waals surface area contributed by atoms with Crippen molar-refractivity contribution < 1.29 is 4.79 Å². The molecule has 0 atom stereocenters. The first-order chi connectivity index (χ1) is 8.69. The summed E-state index contributed by atoms with van der Waals surface area (Å²) in [6.45, 7) is 0.465. The molecule has 0 saturated heterocycles. The van der Waals surface area contributed by atoms with Gasteiger partial charge >= 0.3 is 0 Å². The molecule has 0 aliphatic carbocycles. The quantitative estimate of drug-likeness (QED) is 0.835. The summed E-state index contributed by atoms with van der Waals surface area (Å²) in [5.41, 5.74) is 7.98. The van der Waals surface area contributed by atoms with Gasteiger partial charge in [-0.25, -0.2) is 0 Å². The molecule has 0 fully saturated rings. The van der Waals surface area contributed by atoms with Gasteiger partial charge in [0.15, 0.2) is 0 Å². The van der Waals surface area contributed by atoms with Crippen LogP contribution in [0.2, 0.25) is 0 Å². The van der Waals surface area contributed by atoms with Crippen molar-refractivity contribution in [1.29, 1.82) is 0 Å². The van der Waals surface area contributed by atoms with Crippen molar-refractivity contribution in [2.45, 2.75) is 6.54 Å². The summed E-state index contributed by atoms with van der Waals surface area (Å²) in [7, 11) is 0. The number of anilines is 1. The van der Waals surface area contributed by atoms with Crippen molar-refractivity contribution in [2.75, 3.05) is 5.32 Å². The molecule has 1 amide bonds. The minimum atomic E-state index is -0.109. The first kappa shape index (κ1) is 13.0. The van der Waals surface area contributed by atoms with E-state index in [1.165, 1.54) is 0 Å². The lowest BCUT2D eigenvalue weighted by Crippen LogP contribution is -2.12. The van der Waals surface area contributed by atoms with Crippen LogP contribution in [-0.2, 0) is 6.54 Å². The molecule has 0 spiro atoms. The largest absolute Gasteiger partial charge is 0.326 e. The topological polar surface area (TPSA) is 55.1 Å². The van der Waals surface area contributed by atoms with E-state index in [9.17, 15) is 4.79 Å². The van der Waals surface area contributed by atoms with Gasteiger partial charge in [0, 0.05) is 21.4 Å². The molecule has 0 aliphatic heterocycles. The second-order valence-electron chi connectivity index (χ2n) is 3.87. The molecule has 0 radical (unpaired) electrons. The highest BCUT2D eigenvalue weighted by molar-refractivity contribution is 14.1. The van der Waals surface area contributed by atoms with E-state index in [0.717, 1.165) is 14.8 Å². The molecule has 0 aliphatic rings. The van der Waals surface area contributed by atoms with Crippen molar-refractivity contribution in [3.63, 3.8) is 0 Å². The van der Waals surface area contributed by atoms with Crippen LogP contribution in [-0.4, -0.2) is 5.91 Å². The van der Waals surface area contributed by atoms with Crippen LogP contribution in [0.4, 0.5) is 5.69 Å². The van der Waals surface area contributed by atoms with Crippen LogP contribution >= 0.6 is 22.6 Å². The second kappa shape index (κ2) is 5.97. The number of hydrogen-bond acceptors (Lipinski definition) is 2. The number of rotatable bonds is 3. The zero-order chi connectivity index (χ0) is 13.0. The Bertz CT molecular complexity index is 569. The molecule has 2 rings (SSSR count). The summed E-state index contributed by atoms with van der Waals surface area (Å²) in [5.74, 6) is -0.109. The highest BCUT2D eigenvalue weighted by Gasteiger charge is 2.06. The number of halogens is 1. The lowest BCUT2D eigenvalue weighted by atomic mass is 10.2. The Morgan fingerprint density at radius 1 is 1.17 bits per heavy atom. The molecule has 92 valence electrons. The molecule has 18 heavy (non-hydrogen) atoms. The van der Waals surface area contributed by atoms with E-state index in [4.69, 9.17) is 5.73 Å². The van der Waals surface area contributed by atoms with Crippen molar-refractivity contribution in [3.8, 4) is 0 Å². The Labute approximate surface area is 120 Å². The van der Waals surface area contributed by atoms with E-state index in [0.29, 0.717) is 12.1 Å². The Balaban J connectivity index is 2.16. The molecular weight excluding hydrogens is 339 g/mol. The van der Waals surface area contributed by atoms with E-state index < -0.39 is 0 Å². The van der Waals surface area contributed by atoms with Crippen LogP contribution in [0.1, 0.15) is 15.9 Å². The molecular formula is C14H13IN2O. The number of hydrogen-bond donors (Lipinski definition) is 2. The normalized spacial score (nSPS) is 10.1. The average Bonchev–Trinajstić information content (AvgIpc) is 2.39. The molecule has 4 heteroatoms. The summed E-state index contributed by atoms with van der Waals surface area (Å²) < 4.78 is 1.04. The molecule has 3 N–H and O–H groups in total. The fourth-order valence-corrected chi connectivity index (χ4v) is 2.15. The van der Waals surface area contributed by atoms with Gasteiger partial charge in [-0.3, -0.25) is 4.79 Å². The Morgan fingerprint density at radius 2 is 1.94 bits per heavy atom. The predicted octanol–water partition coefficient (Wildman–Crippen LogP) is 3.00. The molecule has 0 saturated carbocycles. The third-order valence-electron chi connectivity index (χ3n) is 2.51. The van der Waals surface area contributed by atoms with Crippen LogP contribution in [0, 0.1) is 3.57 Å². The maximum atomic E-state index is 12.0. The molecule has 2 aromatic carbocycles. The Morgan fingerprint density at radius 3 is 2.67 bits per heavy atom. The van der Waals surface area contributed by atoms with Crippen LogP contribution < -0.4 is 11.1 Å². The Kier molecular flexibility index (Phi) is 4.33. The number of carbonyl (C=O) groups is 1. The van der Waals surface area contributed by atoms with Crippen LogP contribution in [0.15, 0.2) is 48.5 Å². The van der Waals surface area contributed by atoms with Gasteiger partial charge in [-0.15, -0.1) is 0 Å². The van der Waals surface area contributed by atoms with E-state index in [1.54, 1.807) is 6.07 Å². The first-order valence-corrected chi connectivity index (χ1v) is 6.63. The predicted molar refractivity (Wildman–Crippen MR) is 81.4 cm³/mol. The van der Waals surface area contributed by atoms with Gasteiger partial charge in [0.1, 0.15) is 0 Å². The van der Waals surface area contributed by atoms with E-state index in [1.807, 2.05) is 42.5 Å². The maximum Gasteiger partial charge on any atom is 0.255 e. The van der Waals surface area contributed by atoms with Crippen LogP contribution in [0.3, 0.4) is 0 Å². The lowest BCUT2D eigenvalue weighted by molar-refractivity contribution is 0.102. The number of nitrogens with two attached hydrogens (primary N) is 1. The van der Waals surface area contributed by atoms with E-state index >= 15 is 0 Å². The molecule has 0 aromatic heterocycles. The monoisotopic (exact) mass is 352 g/mol. The van der Waals surface area contributed by atoms with Crippen LogP contribution in [0.25, 0.3) is 0 Å². The minimum Gasteiger partial charge on any atom is -0.326 e. The molecule has 2 aromatic rings. The molecule has 3 nitrogen and oxygen atoms in total. The second-order valence-corrected chi connectivity index (χ2v) is 5.11. The molecule has 0 heterocycles. The third-order valence-corrected chi connectivity index (χ3v) is 3.18. The fourth-order valence-electron chi connectivity index (χ4n) is 1.61. The standard InChI is InChI=1S/C14H13IN2O/c15-12-5-2-4-11(8-12)14(18)17-13-6-1-3-10(7-13)9-16/h1-8H,9,16H2,(H,17,18). The van der Waals surface area contributed by atoms with Gasteiger partial charge in [-0.05, 0) is 58.5 Å². The summed E-state index contributed by atoms with van der Waals surface area (Å²) in [6.07, 6.45) is 0. The summed E-state index contributed by atoms with van der Waals surface area (Å²) in [4.78, 5) is 12.0. The molecule has 0 unspecified atom stereocenters. The van der Waals surface area contributed by atoms with Gasteiger partial charge in [-0.1, -0.05) is 18.2 Å². The van der Waals surface area contributed by atoms with Crippen LogP contribution in [0.5, 0.6) is 0 Å². The zero-order valence-corrected chi connectivity index (χ0v) is 11.8. The molecule has 0 bridgehead atoms. The van der Waals surface area contributed by atoms with Gasteiger partial charge < -0.3 is 11.1 Å². The maximum absolute atomic E-state index is 12.0. The van der Waals surface area contributed by atoms with Crippen molar-refractivity contribution in [2.24, 2.45) is 5.73 Å². The van der Waals surface area contributed by atoms with Crippen molar-refractivity contribution >= 4 is 34.2 Å². The number of carbonyl (C=O) groups excluding carboxylic acids is 1. The lowest BCUT2D eigenvalue weighted by Gasteiger charge is -2.07. The smallest absolute Gasteiger partial charge is 0.255 e. The van der Waals surface area contributed by atoms with Gasteiger partial charge in [-0.2, -0.15) is 0 Å². The van der Waals surface area contributed by atoms with Gasteiger partial charge in [0.2, 0.25) is 0 Å². The fraction of sp³-hybridized carbons (Fsp3) is 0.0714. The number of amides is 1. The highest BCUT2D eigenvalue weighted by Crippen LogP contribution is 2.13. The summed E-state index contributed by atoms with van der Waals surface area (Å²) in [6, 6.07) is 15.0. The Hall–Kier alpha value is -1.40. The summed E-state index contributed by atoms with van der Waals surface area (Å²) >= 11 is 2.18. The van der Waals surface area contributed by atoms with E-state index in [2.05, 4.69) is 27.9 Å². The van der Waals surface area contributed by atoms with Crippen molar-refractivity contribution in [1.82, 2.24) is 0 Å². The van der Waals surface area contributed by atoms with E-state index in [-0.39, 0.29) is 5.91 Å².